The summed E-state index contributed by atoms with van der Waals surface area (Å²) in [5, 5.41) is 3.13. The van der Waals surface area contributed by atoms with Gasteiger partial charge in [-0.1, -0.05) is 6.07 Å². The SMILES string of the molecule is COC(=O)c1ccc(Nc2cccc(-n3ccnc3)n2)cn1. The minimum Gasteiger partial charge on any atom is -0.464 e. The zero-order valence-electron chi connectivity index (χ0n) is 11.8. The van der Waals surface area contributed by atoms with Gasteiger partial charge in [-0.3, -0.25) is 4.57 Å². The third-order valence-electron chi connectivity index (χ3n) is 2.93. The smallest absolute Gasteiger partial charge is 0.356 e. The molecule has 0 aliphatic rings. The zero-order chi connectivity index (χ0) is 15.4. The molecule has 0 atom stereocenters. The first-order valence-electron chi connectivity index (χ1n) is 6.53. The molecule has 0 spiro atoms. The van der Waals surface area contributed by atoms with Gasteiger partial charge in [-0.25, -0.2) is 19.7 Å². The van der Waals surface area contributed by atoms with Crippen LogP contribution in [0.2, 0.25) is 0 Å². The van der Waals surface area contributed by atoms with Crippen LogP contribution < -0.4 is 5.32 Å². The number of esters is 1. The van der Waals surface area contributed by atoms with Crippen LogP contribution in [0.3, 0.4) is 0 Å². The number of imidazole rings is 1. The van der Waals surface area contributed by atoms with Crippen molar-refractivity contribution in [1.29, 1.82) is 0 Å². The Kier molecular flexibility index (Phi) is 3.78. The molecule has 0 aromatic carbocycles. The summed E-state index contributed by atoms with van der Waals surface area (Å²) < 4.78 is 6.42. The van der Waals surface area contributed by atoms with E-state index in [1.54, 1.807) is 30.9 Å². The fourth-order valence-electron chi connectivity index (χ4n) is 1.87. The molecule has 0 bridgehead atoms. The highest BCUT2D eigenvalue weighted by atomic mass is 16.5. The number of rotatable bonds is 4. The molecule has 3 aromatic heterocycles. The van der Waals surface area contributed by atoms with E-state index in [0.29, 0.717) is 5.82 Å². The topological polar surface area (TPSA) is 81.9 Å². The summed E-state index contributed by atoms with van der Waals surface area (Å²) in [5.41, 5.74) is 0.983. The summed E-state index contributed by atoms with van der Waals surface area (Å²) in [6, 6.07) is 8.94. The molecule has 110 valence electrons. The second-order valence-corrected chi connectivity index (χ2v) is 4.40. The van der Waals surface area contributed by atoms with Crippen LogP contribution >= 0.6 is 0 Å². The molecule has 0 radical (unpaired) electrons. The van der Waals surface area contributed by atoms with Crippen LogP contribution in [0.1, 0.15) is 10.5 Å². The maximum Gasteiger partial charge on any atom is 0.356 e. The van der Waals surface area contributed by atoms with Gasteiger partial charge < -0.3 is 10.1 Å². The van der Waals surface area contributed by atoms with E-state index in [1.165, 1.54) is 7.11 Å². The molecule has 0 unspecified atom stereocenters. The summed E-state index contributed by atoms with van der Waals surface area (Å²) >= 11 is 0. The summed E-state index contributed by atoms with van der Waals surface area (Å²) in [5.74, 6) is 0.951. The Morgan fingerprint density at radius 1 is 1.27 bits per heavy atom. The predicted molar refractivity (Wildman–Crippen MR) is 80.2 cm³/mol. The van der Waals surface area contributed by atoms with Crippen molar-refractivity contribution in [3.05, 3.63) is 60.9 Å². The highest BCUT2D eigenvalue weighted by Crippen LogP contribution is 2.15. The number of methoxy groups -OCH3 is 1. The third kappa shape index (κ3) is 2.93. The van der Waals surface area contributed by atoms with E-state index < -0.39 is 5.97 Å². The number of aromatic nitrogens is 4. The first-order chi connectivity index (χ1) is 10.8. The molecule has 0 saturated heterocycles. The highest BCUT2D eigenvalue weighted by Gasteiger charge is 2.06. The summed E-state index contributed by atoms with van der Waals surface area (Å²) in [4.78, 5) is 23.8. The lowest BCUT2D eigenvalue weighted by Crippen LogP contribution is -2.04. The van der Waals surface area contributed by atoms with Gasteiger partial charge in [0.2, 0.25) is 0 Å². The summed E-state index contributed by atoms with van der Waals surface area (Å²) in [7, 11) is 1.32. The lowest BCUT2D eigenvalue weighted by Gasteiger charge is -2.08. The highest BCUT2D eigenvalue weighted by molar-refractivity contribution is 5.87. The number of nitrogens with one attached hydrogen (secondary N) is 1. The Balaban J connectivity index is 1.78. The molecular formula is C15H13N5O2. The van der Waals surface area contributed by atoms with E-state index in [0.717, 1.165) is 11.5 Å². The van der Waals surface area contributed by atoms with Crippen LogP contribution in [0.4, 0.5) is 11.5 Å². The maximum atomic E-state index is 11.3. The minimum absolute atomic E-state index is 0.258. The number of anilines is 2. The second-order valence-electron chi connectivity index (χ2n) is 4.40. The normalized spacial score (nSPS) is 10.2. The first kappa shape index (κ1) is 13.7. The number of carbonyl (C=O) groups is 1. The van der Waals surface area contributed by atoms with E-state index in [9.17, 15) is 4.79 Å². The van der Waals surface area contributed by atoms with Gasteiger partial charge in [-0.15, -0.1) is 0 Å². The van der Waals surface area contributed by atoms with Crippen molar-refractivity contribution in [3.8, 4) is 5.82 Å². The quantitative estimate of drug-likeness (QED) is 0.743. The van der Waals surface area contributed by atoms with Crippen molar-refractivity contribution in [1.82, 2.24) is 19.5 Å². The van der Waals surface area contributed by atoms with Gasteiger partial charge in [0.05, 0.1) is 19.0 Å². The number of nitrogens with zero attached hydrogens (tertiary/aromatic N) is 4. The van der Waals surface area contributed by atoms with Crippen LogP contribution in [-0.4, -0.2) is 32.6 Å². The minimum atomic E-state index is -0.466. The average Bonchev–Trinajstić information content (AvgIpc) is 3.10. The van der Waals surface area contributed by atoms with Gasteiger partial charge >= 0.3 is 5.97 Å². The first-order valence-corrected chi connectivity index (χ1v) is 6.53. The van der Waals surface area contributed by atoms with Gasteiger partial charge in [0.15, 0.2) is 0 Å². The maximum absolute atomic E-state index is 11.3. The number of pyridine rings is 2. The number of hydrogen-bond acceptors (Lipinski definition) is 6. The van der Waals surface area contributed by atoms with Gasteiger partial charge in [0.1, 0.15) is 23.7 Å². The van der Waals surface area contributed by atoms with Gasteiger partial charge in [0.25, 0.3) is 0 Å². The molecule has 7 nitrogen and oxygen atoms in total. The summed E-state index contributed by atoms with van der Waals surface area (Å²) in [6.45, 7) is 0. The molecule has 3 rings (SSSR count). The van der Waals surface area contributed by atoms with E-state index in [-0.39, 0.29) is 5.69 Å². The molecule has 0 amide bonds. The van der Waals surface area contributed by atoms with E-state index in [4.69, 9.17) is 0 Å². The lowest BCUT2D eigenvalue weighted by molar-refractivity contribution is 0.0594. The van der Waals surface area contributed by atoms with Gasteiger partial charge in [0, 0.05) is 12.4 Å². The largest absolute Gasteiger partial charge is 0.464 e. The Morgan fingerprint density at radius 2 is 2.18 bits per heavy atom. The fourth-order valence-corrected chi connectivity index (χ4v) is 1.87. The summed E-state index contributed by atoms with van der Waals surface area (Å²) in [6.07, 6.45) is 6.74. The van der Waals surface area contributed by atoms with E-state index in [1.807, 2.05) is 29.0 Å². The standard InChI is InChI=1S/C15H13N5O2/c1-22-15(21)12-6-5-11(9-17-12)18-13-3-2-4-14(19-13)20-8-7-16-10-20/h2-10H,1H3,(H,18,19). The molecule has 1 N–H and O–H groups in total. The molecule has 0 aliphatic carbocycles. The number of carbonyl (C=O) groups excluding carboxylic acids is 1. The lowest BCUT2D eigenvalue weighted by atomic mass is 10.3. The van der Waals surface area contributed by atoms with Gasteiger partial charge in [-0.05, 0) is 24.3 Å². The second kappa shape index (κ2) is 6.04. The van der Waals surface area contributed by atoms with Gasteiger partial charge in [-0.2, -0.15) is 0 Å². The van der Waals surface area contributed by atoms with Crippen molar-refractivity contribution in [2.75, 3.05) is 12.4 Å². The molecule has 22 heavy (non-hydrogen) atoms. The number of hydrogen-bond donors (Lipinski definition) is 1. The molecule has 7 heteroatoms. The Labute approximate surface area is 126 Å². The zero-order valence-corrected chi connectivity index (χ0v) is 11.8. The van der Waals surface area contributed by atoms with Crippen molar-refractivity contribution in [3.63, 3.8) is 0 Å². The fraction of sp³-hybridized carbons (Fsp3) is 0.0667. The van der Waals surface area contributed by atoms with E-state index >= 15 is 0 Å². The average molecular weight is 295 g/mol. The monoisotopic (exact) mass is 295 g/mol. The number of ether oxygens (including phenoxy) is 1. The van der Waals surface area contributed by atoms with Crippen molar-refractivity contribution in [2.24, 2.45) is 0 Å². The molecule has 0 fully saturated rings. The molecule has 0 saturated carbocycles. The molecule has 0 aliphatic heterocycles. The molecule has 3 aromatic rings. The van der Waals surface area contributed by atoms with Crippen LogP contribution in [0.15, 0.2) is 55.2 Å². The predicted octanol–water partition coefficient (Wildman–Crippen LogP) is 2.19. The Bertz CT molecular complexity index is 769. The molecular weight excluding hydrogens is 282 g/mol. The van der Waals surface area contributed by atoms with E-state index in [2.05, 4.69) is 25.0 Å². The Hall–Kier alpha value is -3.22. The van der Waals surface area contributed by atoms with Crippen LogP contribution in [0.5, 0.6) is 0 Å². The third-order valence-corrected chi connectivity index (χ3v) is 2.93. The molecule has 3 heterocycles. The Morgan fingerprint density at radius 3 is 2.86 bits per heavy atom. The van der Waals surface area contributed by atoms with Crippen LogP contribution in [0.25, 0.3) is 5.82 Å². The van der Waals surface area contributed by atoms with Crippen molar-refractivity contribution in [2.45, 2.75) is 0 Å². The van der Waals surface area contributed by atoms with Crippen molar-refractivity contribution >= 4 is 17.5 Å². The van der Waals surface area contributed by atoms with Crippen molar-refractivity contribution < 1.29 is 9.53 Å². The van der Waals surface area contributed by atoms with Crippen LogP contribution in [0, 0.1) is 0 Å². The van der Waals surface area contributed by atoms with Crippen LogP contribution in [-0.2, 0) is 4.74 Å².